The van der Waals surface area contributed by atoms with E-state index < -0.39 is 0 Å². The number of hydrogen-bond acceptors (Lipinski definition) is 5. The van der Waals surface area contributed by atoms with Gasteiger partial charge in [-0.2, -0.15) is 0 Å². The molecular weight excluding hydrogens is 472 g/mol. The number of aryl methyl sites for hydroxylation is 1. The molecule has 0 N–H and O–H groups in total. The molecule has 0 radical (unpaired) electrons. The third-order valence-electron chi connectivity index (χ3n) is 6.33. The highest BCUT2D eigenvalue weighted by Gasteiger charge is 2.35. The van der Waals surface area contributed by atoms with Crippen LogP contribution >= 0.6 is 11.8 Å². The zero-order valence-corrected chi connectivity index (χ0v) is 21.0. The van der Waals surface area contributed by atoms with E-state index >= 15 is 0 Å². The zero-order valence-electron chi connectivity index (χ0n) is 20.1. The summed E-state index contributed by atoms with van der Waals surface area (Å²) in [4.78, 5) is 39.3. The first-order valence-electron chi connectivity index (χ1n) is 11.5. The smallest absolute Gasteiger partial charge is 0.337 e. The van der Waals surface area contributed by atoms with Crippen LogP contribution in [0.5, 0.6) is 0 Å². The molecule has 6 nitrogen and oxygen atoms in total. The molecule has 3 aromatic carbocycles. The average molecular weight is 497 g/mol. The largest absolute Gasteiger partial charge is 0.465 e. The van der Waals surface area contributed by atoms with Crippen molar-refractivity contribution in [2.45, 2.75) is 20.4 Å². The van der Waals surface area contributed by atoms with Gasteiger partial charge in [-0.15, -0.1) is 0 Å². The van der Waals surface area contributed by atoms with E-state index in [-0.39, 0.29) is 23.7 Å². The van der Waals surface area contributed by atoms with E-state index in [0.29, 0.717) is 10.5 Å². The number of thioether (sulfide) groups is 1. The van der Waals surface area contributed by atoms with Crippen molar-refractivity contribution in [1.29, 1.82) is 0 Å². The molecule has 36 heavy (non-hydrogen) atoms. The Morgan fingerprint density at radius 3 is 2.39 bits per heavy atom. The third kappa shape index (κ3) is 4.33. The van der Waals surface area contributed by atoms with E-state index in [2.05, 4.69) is 0 Å². The fraction of sp³-hybridized carbons (Fsp3) is 0.138. The number of carbonyl (C=O) groups is 3. The van der Waals surface area contributed by atoms with Crippen molar-refractivity contribution in [1.82, 2.24) is 9.47 Å². The van der Waals surface area contributed by atoms with Gasteiger partial charge in [0, 0.05) is 17.1 Å². The van der Waals surface area contributed by atoms with E-state index in [1.807, 2.05) is 79.1 Å². The van der Waals surface area contributed by atoms with Crippen LogP contribution in [0.1, 0.15) is 32.9 Å². The number of carbonyl (C=O) groups excluding carboxylic acids is 3. The minimum Gasteiger partial charge on any atom is -0.465 e. The topological polar surface area (TPSA) is 68.6 Å². The number of nitrogens with zero attached hydrogens (tertiary/aromatic N) is 2. The summed E-state index contributed by atoms with van der Waals surface area (Å²) in [6.45, 7) is 4.18. The highest BCUT2D eigenvalue weighted by Crippen LogP contribution is 2.35. The standard InChI is InChI=1S/C29H24N2O4S/c1-18-14-24(19(2)31(18)25-12-10-22(11-13-25)28(33)35-3)16-26-27(32)30(29(34)36-26)17-20-8-9-21-6-4-5-7-23(21)15-20/h4-16H,17H2,1-3H3/b26-16-. The van der Waals surface area contributed by atoms with E-state index in [1.165, 1.54) is 12.0 Å². The number of aromatic nitrogens is 1. The molecule has 0 spiro atoms. The predicted octanol–water partition coefficient (Wildman–Crippen LogP) is 6.27. The molecule has 0 unspecified atom stereocenters. The maximum Gasteiger partial charge on any atom is 0.337 e. The SMILES string of the molecule is COC(=O)c1ccc(-n2c(C)cc(/C=C3\SC(=O)N(Cc4ccc5ccccc5c4)C3=O)c2C)cc1. The van der Waals surface area contributed by atoms with Crippen LogP contribution in [0.4, 0.5) is 4.79 Å². The Morgan fingerprint density at radius 2 is 1.67 bits per heavy atom. The second-order valence-electron chi connectivity index (χ2n) is 8.65. The van der Waals surface area contributed by atoms with Gasteiger partial charge in [0.15, 0.2) is 0 Å². The number of benzene rings is 3. The van der Waals surface area contributed by atoms with Gasteiger partial charge in [0.1, 0.15) is 0 Å². The number of methoxy groups -OCH3 is 1. The fourth-order valence-electron chi connectivity index (χ4n) is 4.49. The Bertz CT molecular complexity index is 1550. The first kappa shape index (κ1) is 23.6. The minimum atomic E-state index is -0.386. The van der Waals surface area contributed by atoms with Crippen LogP contribution < -0.4 is 0 Å². The molecule has 2 heterocycles. The minimum absolute atomic E-state index is 0.235. The second kappa shape index (κ2) is 9.51. The summed E-state index contributed by atoms with van der Waals surface area (Å²) in [6, 6.07) is 23.1. The molecule has 1 fully saturated rings. The molecule has 4 aromatic rings. The van der Waals surface area contributed by atoms with Gasteiger partial charge in [-0.25, -0.2) is 4.79 Å². The summed E-state index contributed by atoms with van der Waals surface area (Å²) < 4.78 is 6.82. The van der Waals surface area contributed by atoms with Gasteiger partial charge in [-0.1, -0.05) is 36.4 Å². The molecule has 2 amide bonds. The molecule has 7 heteroatoms. The van der Waals surface area contributed by atoms with Gasteiger partial charge in [0.05, 0.1) is 24.1 Å². The number of hydrogen-bond donors (Lipinski definition) is 0. The molecule has 0 saturated carbocycles. The first-order valence-corrected chi connectivity index (χ1v) is 12.3. The molecule has 0 aliphatic carbocycles. The monoisotopic (exact) mass is 496 g/mol. The van der Waals surface area contributed by atoms with Crippen molar-refractivity contribution < 1.29 is 19.1 Å². The Hall–Kier alpha value is -4.10. The van der Waals surface area contributed by atoms with Crippen LogP contribution in [0.25, 0.3) is 22.5 Å². The van der Waals surface area contributed by atoms with Crippen molar-refractivity contribution >= 4 is 45.7 Å². The molecular formula is C29H24N2O4S. The van der Waals surface area contributed by atoms with Crippen molar-refractivity contribution in [2.24, 2.45) is 0 Å². The van der Waals surface area contributed by atoms with Gasteiger partial charge in [0.2, 0.25) is 0 Å². The van der Waals surface area contributed by atoms with Crippen molar-refractivity contribution in [3.63, 3.8) is 0 Å². The Kier molecular flexibility index (Phi) is 6.24. The lowest BCUT2D eigenvalue weighted by Gasteiger charge is -2.13. The lowest BCUT2D eigenvalue weighted by atomic mass is 10.1. The molecule has 0 bridgehead atoms. The highest BCUT2D eigenvalue weighted by molar-refractivity contribution is 8.18. The normalized spacial score (nSPS) is 14.8. The molecule has 1 aliphatic heterocycles. The maximum absolute atomic E-state index is 13.2. The van der Waals surface area contributed by atoms with Crippen molar-refractivity contribution in [3.8, 4) is 5.69 Å². The lowest BCUT2D eigenvalue weighted by molar-refractivity contribution is -0.123. The molecule has 0 atom stereocenters. The van der Waals surface area contributed by atoms with Crippen molar-refractivity contribution in [3.05, 3.63) is 106 Å². The van der Waals surface area contributed by atoms with Crippen molar-refractivity contribution in [2.75, 3.05) is 7.11 Å². The van der Waals surface area contributed by atoms with E-state index in [4.69, 9.17) is 4.74 Å². The first-order chi connectivity index (χ1) is 17.4. The van der Waals surface area contributed by atoms with Gasteiger partial charge in [-0.3, -0.25) is 14.5 Å². The summed E-state index contributed by atoms with van der Waals surface area (Å²) >= 11 is 0.965. The van der Waals surface area contributed by atoms with Gasteiger partial charge in [-0.05, 0) is 90.0 Å². The Balaban J connectivity index is 1.40. The average Bonchev–Trinajstić information content (AvgIpc) is 3.32. The quantitative estimate of drug-likeness (QED) is 0.241. The summed E-state index contributed by atoms with van der Waals surface area (Å²) in [5.41, 5.74) is 5.04. The van der Waals surface area contributed by atoms with Gasteiger partial charge >= 0.3 is 5.97 Å². The number of imide groups is 1. The predicted molar refractivity (Wildman–Crippen MR) is 142 cm³/mol. The van der Waals surface area contributed by atoms with Crippen LogP contribution in [0.2, 0.25) is 0 Å². The molecule has 1 aromatic heterocycles. The van der Waals surface area contributed by atoms with Crippen LogP contribution in [0.15, 0.2) is 77.7 Å². The summed E-state index contributed by atoms with van der Waals surface area (Å²) in [5.74, 6) is -0.673. The number of esters is 1. The zero-order chi connectivity index (χ0) is 25.4. The van der Waals surface area contributed by atoms with E-state index in [0.717, 1.165) is 50.7 Å². The second-order valence-corrected chi connectivity index (χ2v) is 9.64. The van der Waals surface area contributed by atoms with Gasteiger partial charge in [0.25, 0.3) is 11.1 Å². The fourth-order valence-corrected chi connectivity index (χ4v) is 5.32. The summed E-state index contributed by atoms with van der Waals surface area (Å²) in [7, 11) is 1.35. The summed E-state index contributed by atoms with van der Waals surface area (Å²) in [5, 5.41) is 1.92. The Labute approximate surface area is 213 Å². The lowest BCUT2D eigenvalue weighted by Crippen LogP contribution is -2.27. The third-order valence-corrected chi connectivity index (χ3v) is 7.24. The van der Waals surface area contributed by atoms with Crippen LogP contribution in [-0.2, 0) is 16.1 Å². The van der Waals surface area contributed by atoms with Gasteiger partial charge < -0.3 is 9.30 Å². The summed E-state index contributed by atoms with van der Waals surface area (Å²) in [6.07, 6.45) is 1.78. The highest BCUT2D eigenvalue weighted by atomic mass is 32.2. The number of fused-ring (bicyclic) bond motifs is 1. The number of rotatable bonds is 5. The molecule has 1 saturated heterocycles. The van der Waals surface area contributed by atoms with E-state index in [1.54, 1.807) is 18.2 Å². The number of amides is 2. The number of ether oxygens (including phenoxy) is 1. The van der Waals surface area contributed by atoms with Crippen LogP contribution in [0, 0.1) is 13.8 Å². The van der Waals surface area contributed by atoms with Crippen LogP contribution in [0.3, 0.4) is 0 Å². The molecule has 180 valence electrons. The Morgan fingerprint density at radius 1 is 0.944 bits per heavy atom. The molecule has 5 rings (SSSR count). The van der Waals surface area contributed by atoms with Crippen LogP contribution in [-0.4, -0.2) is 33.7 Å². The van der Waals surface area contributed by atoms with E-state index in [9.17, 15) is 14.4 Å². The molecule has 1 aliphatic rings. The maximum atomic E-state index is 13.2.